The second-order valence-electron chi connectivity index (χ2n) is 6.01. The van der Waals surface area contributed by atoms with Gasteiger partial charge in [0.2, 0.25) is 0 Å². The van der Waals surface area contributed by atoms with E-state index in [9.17, 15) is 4.79 Å². The molecule has 1 unspecified atom stereocenters. The Morgan fingerprint density at radius 3 is 2.67 bits per heavy atom. The average molecular weight is 288 g/mol. The number of hydrogen-bond donors (Lipinski definition) is 2. The molecule has 3 rings (SSSR count). The van der Waals surface area contributed by atoms with Crippen LogP contribution in [0, 0.1) is 0 Å². The molecule has 2 aliphatic heterocycles. The first-order chi connectivity index (χ1) is 10.2. The Morgan fingerprint density at radius 2 is 1.95 bits per heavy atom. The van der Waals surface area contributed by atoms with Crippen LogP contribution in [0.1, 0.15) is 19.3 Å². The molecule has 0 saturated carbocycles. The zero-order chi connectivity index (χ0) is 14.7. The van der Waals surface area contributed by atoms with Gasteiger partial charge in [-0.25, -0.2) is 4.79 Å². The van der Waals surface area contributed by atoms with Gasteiger partial charge < -0.3 is 15.5 Å². The predicted octanol–water partition coefficient (Wildman–Crippen LogP) is 2.11. The van der Waals surface area contributed by atoms with E-state index in [-0.39, 0.29) is 6.03 Å². The van der Waals surface area contributed by atoms with Gasteiger partial charge in [-0.1, -0.05) is 0 Å². The fourth-order valence-electron chi connectivity index (χ4n) is 3.08. The van der Waals surface area contributed by atoms with Crippen molar-refractivity contribution in [2.45, 2.75) is 25.3 Å². The largest absolute Gasteiger partial charge is 0.382 e. The lowest BCUT2D eigenvalue weighted by atomic mass is 10.1. The fourth-order valence-corrected chi connectivity index (χ4v) is 3.08. The van der Waals surface area contributed by atoms with Gasteiger partial charge in [0.25, 0.3) is 0 Å². The number of hydrogen-bond acceptors (Lipinski definition) is 3. The van der Waals surface area contributed by atoms with Crippen molar-refractivity contribution in [3.8, 4) is 0 Å². The lowest BCUT2D eigenvalue weighted by Gasteiger charge is -2.19. The molecule has 0 spiro atoms. The molecule has 1 atom stereocenters. The van der Waals surface area contributed by atoms with Crippen molar-refractivity contribution in [2.75, 3.05) is 43.4 Å². The van der Waals surface area contributed by atoms with Crippen LogP contribution in [0.4, 0.5) is 16.2 Å². The normalized spacial score (nSPS) is 23.8. The smallest absolute Gasteiger partial charge is 0.321 e. The van der Waals surface area contributed by atoms with E-state index in [1.807, 2.05) is 12.1 Å². The summed E-state index contributed by atoms with van der Waals surface area (Å²) in [6.07, 6.45) is 3.66. The maximum atomic E-state index is 11.6. The molecule has 2 aliphatic rings. The SMILES string of the molecule is CN1CCCC(Nc2ccc(N3CCNC3=O)cc2)CC1. The molecule has 5 nitrogen and oxygen atoms in total. The maximum absolute atomic E-state index is 11.6. The van der Waals surface area contributed by atoms with E-state index in [4.69, 9.17) is 0 Å². The molecule has 1 aromatic rings. The van der Waals surface area contributed by atoms with Crippen molar-refractivity contribution < 1.29 is 4.79 Å². The van der Waals surface area contributed by atoms with Gasteiger partial charge in [0.15, 0.2) is 0 Å². The molecule has 114 valence electrons. The summed E-state index contributed by atoms with van der Waals surface area (Å²) < 4.78 is 0. The van der Waals surface area contributed by atoms with Crippen molar-refractivity contribution in [1.29, 1.82) is 0 Å². The molecule has 2 N–H and O–H groups in total. The summed E-state index contributed by atoms with van der Waals surface area (Å²) in [4.78, 5) is 15.8. The molecule has 2 saturated heterocycles. The third kappa shape index (κ3) is 3.47. The van der Waals surface area contributed by atoms with Crippen LogP contribution in [-0.4, -0.2) is 50.2 Å². The van der Waals surface area contributed by atoms with E-state index in [1.165, 1.54) is 25.8 Å². The van der Waals surface area contributed by atoms with E-state index >= 15 is 0 Å². The van der Waals surface area contributed by atoms with Crippen molar-refractivity contribution in [3.05, 3.63) is 24.3 Å². The van der Waals surface area contributed by atoms with Crippen LogP contribution in [-0.2, 0) is 0 Å². The van der Waals surface area contributed by atoms with Gasteiger partial charge in [0.1, 0.15) is 0 Å². The molecule has 0 bridgehead atoms. The molecule has 0 aliphatic carbocycles. The first-order valence-electron chi connectivity index (χ1n) is 7.83. The first kappa shape index (κ1) is 14.2. The summed E-state index contributed by atoms with van der Waals surface area (Å²) in [6.45, 7) is 3.83. The Balaban J connectivity index is 1.60. The Kier molecular flexibility index (Phi) is 4.29. The second-order valence-corrected chi connectivity index (χ2v) is 6.01. The number of benzene rings is 1. The van der Waals surface area contributed by atoms with Gasteiger partial charge in [-0.05, 0) is 63.7 Å². The lowest BCUT2D eigenvalue weighted by Crippen LogP contribution is -2.27. The minimum atomic E-state index is 0.00233. The van der Waals surface area contributed by atoms with E-state index in [0.717, 1.165) is 31.0 Å². The highest BCUT2D eigenvalue weighted by Crippen LogP contribution is 2.21. The summed E-state index contributed by atoms with van der Waals surface area (Å²) in [7, 11) is 2.19. The highest BCUT2D eigenvalue weighted by Gasteiger charge is 2.21. The minimum Gasteiger partial charge on any atom is -0.382 e. The van der Waals surface area contributed by atoms with Gasteiger partial charge in [0.05, 0.1) is 0 Å². The van der Waals surface area contributed by atoms with Crippen LogP contribution in [0.15, 0.2) is 24.3 Å². The molecular formula is C16H24N4O. The number of urea groups is 1. The molecule has 0 aromatic heterocycles. The monoisotopic (exact) mass is 288 g/mol. The van der Waals surface area contributed by atoms with Crippen molar-refractivity contribution in [2.24, 2.45) is 0 Å². The second kappa shape index (κ2) is 6.35. The van der Waals surface area contributed by atoms with E-state index in [2.05, 4.69) is 34.7 Å². The van der Waals surface area contributed by atoms with Crippen molar-refractivity contribution in [3.63, 3.8) is 0 Å². The molecule has 0 radical (unpaired) electrons. The topological polar surface area (TPSA) is 47.6 Å². The van der Waals surface area contributed by atoms with Crippen LogP contribution >= 0.6 is 0 Å². The average Bonchev–Trinajstić information content (AvgIpc) is 2.81. The van der Waals surface area contributed by atoms with E-state index in [0.29, 0.717) is 6.04 Å². The Morgan fingerprint density at radius 1 is 1.14 bits per heavy atom. The van der Waals surface area contributed by atoms with Gasteiger partial charge in [-0.3, -0.25) is 4.90 Å². The van der Waals surface area contributed by atoms with Gasteiger partial charge in [-0.2, -0.15) is 0 Å². The van der Waals surface area contributed by atoms with Crippen LogP contribution in [0.5, 0.6) is 0 Å². The van der Waals surface area contributed by atoms with Crippen LogP contribution in [0.25, 0.3) is 0 Å². The quantitative estimate of drug-likeness (QED) is 0.895. The summed E-state index contributed by atoms with van der Waals surface area (Å²) >= 11 is 0. The predicted molar refractivity (Wildman–Crippen MR) is 85.9 cm³/mol. The third-order valence-electron chi connectivity index (χ3n) is 4.36. The molecule has 2 amide bonds. The number of rotatable bonds is 3. The van der Waals surface area contributed by atoms with Gasteiger partial charge in [0, 0.05) is 30.5 Å². The fraction of sp³-hybridized carbons (Fsp3) is 0.562. The standard InChI is InChI=1S/C16H24N4O/c1-19-10-2-3-13(8-11-19)18-14-4-6-15(7-5-14)20-12-9-17-16(20)21/h4-7,13,18H,2-3,8-12H2,1H3,(H,17,21). The molecular weight excluding hydrogens is 264 g/mol. The third-order valence-corrected chi connectivity index (χ3v) is 4.36. The summed E-state index contributed by atoms with van der Waals surface area (Å²) in [5.41, 5.74) is 2.11. The summed E-state index contributed by atoms with van der Waals surface area (Å²) in [5.74, 6) is 0. The number of amides is 2. The maximum Gasteiger partial charge on any atom is 0.321 e. The Hall–Kier alpha value is -1.75. The van der Waals surface area contributed by atoms with Gasteiger partial charge >= 0.3 is 6.03 Å². The van der Waals surface area contributed by atoms with Crippen molar-refractivity contribution in [1.82, 2.24) is 10.2 Å². The minimum absolute atomic E-state index is 0.00233. The number of carbonyl (C=O) groups excluding carboxylic acids is 1. The Bertz CT molecular complexity index is 488. The number of anilines is 2. The van der Waals surface area contributed by atoms with E-state index < -0.39 is 0 Å². The summed E-state index contributed by atoms with van der Waals surface area (Å²) in [6, 6.07) is 8.76. The van der Waals surface area contributed by atoms with Gasteiger partial charge in [-0.15, -0.1) is 0 Å². The number of carbonyl (C=O) groups is 1. The zero-order valence-electron chi connectivity index (χ0n) is 12.6. The summed E-state index contributed by atoms with van der Waals surface area (Å²) in [5, 5.41) is 6.45. The van der Waals surface area contributed by atoms with Crippen LogP contribution in [0.3, 0.4) is 0 Å². The first-order valence-corrected chi connectivity index (χ1v) is 7.83. The molecule has 5 heteroatoms. The number of nitrogens with one attached hydrogen (secondary N) is 2. The zero-order valence-corrected chi connectivity index (χ0v) is 12.6. The van der Waals surface area contributed by atoms with Crippen LogP contribution in [0.2, 0.25) is 0 Å². The molecule has 2 heterocycles. The Labute approximate surface area is 126 Å². The molecule has 1 aromatic carbocycles. The number of nitrogens with zero attached hydrogens (tertiary/aromatic N) is 2. The number of likely N-dealkylation sites (tertiary alicyclic amines) is 1. The van der Waals surface area contributed by atoms with Crippen molar-refractivity contribution >= 4 is 17.4 Å². The molecule has 21 heavy (non-hydrogen) atoms. The highest BCUT2D eigenvalue weighted by molar-refractivity contribution is 5.94. The lowest BCUT2D eigenvalue weighted by molar-refractivity contribution is 0.252. The van der Waals surface area contributed by atoms with Crippen LogP contribution < -0.4 is 15.5 Å². The highest BCUT2D eigenvalue weighted by atomic mass is 16.2. The van der Waals surface area contributed by atoms with E-state index in [1.54, 1.807) is 4.90 Å². The molecule has 2 fully saturated rings.